The van der Waals surface area contributed by atoms with Crippen LogP contribution in [0.4, 0.5) is 0 Å². The van der Waals surface area contributed by atoms with E-state index < -0.39 is 0 Å². The molecule has 1 aromatic rings. The second-order valence-corrected chi connectivity index (χ2v) is 6.21. The number of hydrogen-bond donors (Lipinski definition) is 1. The number of hydrogen-bond acceptors (Lipinski definition) is 3. The molecule has 128 valence electrons. The predicted octanol–water partition coefficient (Wildman–Crippen LogP) is 5.12. The van der Waals surface area contributed by atoms with Crippen LogP contribution in [0.5, 0.6) is 11.5 Å². The molecule has 1 N–H and O–H groups in total. The molecular formula is C19H28ClNO2. The minimum Gasteiger partial charge on any atom is -0.490 e. The van der Waals surface area contributed by atoms with Crippen LogP contribution < -0.4 is 14.8 Å². The minimum atomic E-state index is 0.576. The van der Waals surface area contributed by atoms with Gasteiger partial charge in [0.25, 0.3) is 0 Å². The van der Waals surface area contributed by atoms with Crippen molar-refractivity contribution in [3.8, 4) is 11.5 Å². The Hall–Kier alpha value is -1.19. The second-order valence-electron chi connectivity index (χ2n) is 5.81. The highest BCUT2D eigenvalue weighted by molar-refractivity contribution is 6.32. The van der Waals surface area contributed by atoms with Crippen LogP contribution in [0.15, 0.2) is 23.8 Å². The quantitative estimate of drug-likeness (QED) is 0.501. The minimum absolute atomic E-state index is 0.576. The van der Waals surface area contributed by atoms with Gasteiger partial charge < -0.3 is 14.8 Å². The maximum Gasteiger partial charge on any atom is 0.179 e. The standard InChI is InChI=1S/C19H28ClNO2/c1-3-22-18-13-16(12-17(20)19(18)23-4-2)14-21-11-10-15-8-6-5-7-9-15/h8,12-13,21H,3-7,9-11,14H2,1-2H3. The summed E-state index contributed by atoms with van der Waals surface area (Å²) in [5.74, 6) is 1.38. The van der Waals surface area contributed by atoms with E-state index in [0.717, 1.165) is 30.8 Å². The van der Waals surface area contributed by atoms with Gasteiger partial charge in [-0.25, -0.2) is 0 Å². The maximum atomic E-state index is 6.34. The van der Waals surface area contributed by atoms with Crippen LogP contribution in [0.25, 0.3) is 0 Å². The molecule has 0 radical (unpaired) electrons. The highest BCUT2D eigenvalue weighted by atomic mass is 35.5. The van der Waals surface area contributed by atoms with Crippen molar-refractivity contribution < 1.29 is 9.47 Å². The molecule has 0 unspecified atom stereocenters. The molecule has 0 amide bonds. The summed E-state index contributed by atoms with van der Waals surface area (Å²) >= 11 is 6.34. The molecule has 4 heteroatoms. The molecule has 1 aliphatic carbocycles. The molecule has 2 rings (SSSR count). The number of halogens is 1. The van der Waals surface area contributed by atoms with E-state index in [9.17, 15) is 0 Å². The van der Waals surface area contributed by atoms with Gasteiger partial charge in [-0.1, -0.05) is 23.3 Å². The van der Waals surface area contributed by atoms with Gasteiger partial charge in [-0.3, -0.25) is 0 Å². The average Bonchev–Trinajstić information content (AvgIpc) is 2.56. The fourth-order valence-corrected chi connectivity index (χ4v) is 3.17. The summed E-state index contributed by atoms with van der Waals surface area (Å²) in [6.07, 6.45) is 8.77. The maximum absolute atomic E-state index is 6.34. The highest BCUT2D eigenvalue weighted by Gasteiger charge is 2.12. The van der Waals surface area contributed by atoms with Crippen molar-refractivity contribution >= 4 is 11.6 Å². The first-order valence-corrected chi connectivity index (χ1v) is 9.09. The third-order valence-electron chi connectivity index (χ3n) is 3.99. The van der Waals surface area contributed by atoms with Crippen molar-refractivity contribution in [3.63, 3.8) is 0 Å². The highest BCUT2D eigenvalue weighted by Crippen LogP contribution is 2.36. The molecule has 0 saturated carbocycles. The zero-order valence-corrected chi connectivity index (χ0v) is 15.0. The summed E-state index contributed by atoms with van der Waals surface area (Å²) in [5, 5.41) is 4.12. The van der Waals surface area contributed by atoms with Crippen LogP contribution in [-0.4, -0.2) is 19.8 Å². The first-order chi connectivity index (χ1) is 11.2. The van der Waals surface area contributed by atoms with Crippen LogP contribution in [0.3, 0.4) is 0 Å². The SMILES string of the molecule is CCOc1cc(CNCCC2=CCCCC2)cc(Cl)c1OCC. The molecule has 0 heterocycles. The van der Waals surface area contributed by atoms with Gasteiger partial charge in [-0.15, -0.1) is 0 Å². The van der Waals surface area contributed by atoms with Crippen LogP contribution in [0.1, 0.15) is 51.5 Å². The van der Waals surface area contributed by atoms with E-state index in [1.54, 1.807) is 5.57 Å². The van der Waals surface area contributed by atoms with Gasteiger partial charge in [0, 0.05) is 6.54 Å². The van der Waals surface area contributed by atoms with Crippen LogP contribution in [0, 0.1) is 0 Å². The van der Waals surface area contributed by atoms with Crippen LogP contribution >= 0.6 is 11.6 Å². The van der Waals surface area contributed by atoms with Crippen molar-refractivity contribution in [1.29, 1.82) is 0 Å². The molecule has 0 atom stereocenters. The summed E-state index contributed by atoms with van der Waals surface area (Å²) in [7, 11) is 0. The molecule has 3 nitrogen and oxygen atoms in total. The molecule has 0 bridgehead atoms. The van der Waals surface area contributed by atoms with Crippen molar-refractivity contribution in [1.82, 2.24) is 5.32 Å². The molecule has 0 spiro atoms. The smallest absolute Gasteiger partial charge is 0.179 e. The Bertz CT molecular complexity index is 528. The van der Waals surface area contributed by atoms with E-state index in [-0.39, 0.29) is 0 Å². The Balaban J connectivity index is 1.90. The Morgan fingerprint density at radius 1 is 1.13 bits per heavy atom. The lowest BCUT2D eigenvalue weighted by molar-refractivity contribution is 0.287. The van der Waals surface area contributed by atoms with Crippen molar-refractivity contribution in [2.45, 2.75) is 52.5 Å². The number of allylic oxidation sites excluding steroid dienone is 1. The number of nitrogens with one attached hydrogen (secondary N) is 1. The second kappa shape index (κ2) is 9.84. The summed E-state index contributed by atoms with van der Waals surface area (Å²) in [5.41, 5.74) is 2.73. The van der Waals surface area contributed by atoms with E-state index in [1.165, 1.54) is 25.7 Å². The monoisotopic (exact) mass is 337 g/mol. The Labute approximate surface area is 145 Å². The average molecular weight is 338 g/mol. The Kier molecular flexibility index (Phi) is 7.77. The van der Waals surface area contributed by atoms with E-state index >= 15 is 0 Å². The molecule has 0 aromatic heterocycles. The zero-order valence-electron chi connectivity index (χ0n) is 14.3. The van der Waals surface area contributed by atoms with E-state index in [0.29, 0.717) is 24.0 Å². The Morgan fingerprint density at radius 3 is 2.65 bits per heavy atom. The van der Waals surface area contributed by atoms with Crippen molar-refractivity contribution in [2.75, 3.05) is 19.8 Å². The normalized spacial score (nSPS) is 14.5. The molecule has 23 heavy (non-hydrogen) atoms. The fraction of sp³-hybridized carbons (Fsp3) is 0.579. The molecule has 1 aromatic carbocycles. The number of rotatable bonds is 9. The summed E-state index contributed by atoms with van der Waals surface area (Å²) < 4.78 is 11.3. The van der Waals surface area contributed by atoms with Gasteiger partial charge >= 0.3 is 0 Å². The predicted molar refractivity (Wildman–Crippen MR) is 96.7 cm³/mol. The summed E-state index contributed by atoms with van der Waals surface area (Å²) in [4.78, 5) is 0. The van der Waals surface area contributed by atoms with Crippen molar-refractivity contribution in [3.05, 3.63) is 34.4 Å². The lowest BCUT2D eigenvalue weighted by Crippen LogP contribution is -2.16. The molecule has 0 aliphatic heterocycles. The van der Waals surface area contributed by atoms with E-state index in [4.69, 9.17) is 21.1 Å². The number of ether oxygens (including phenoxy) is 2. The molecule has 0 saturated heterocycles. The summed E-state index contributed by atoms with van der Waals surface area (Å²) in [6.45, 7) is 6.88. The lowest BCUT2D eigenvalue weighted by Gasteiger charge is -2.15. The van der Waals surface area contributed by atoms with Gasteiger partial charge in [0.15, 0.2) is 11.5 Å². The molecule has 0 fully saturated rings. The molecular weight excluding hydrogens is 310 g/mol. The van der Waals surface area contributed by atoms with Crippen molar-refractivity contribution in [2.24, 2.45) is 0 Å². The van der Waals surface area contributed by atoms with E-state index in [1.807, 2.05) is 26.0 Å². The zero-order chi connectivity index (χ0) is 16.5. The third-order valence-corrected chi connectivity index (χ3v) is 4.28. The first kappa shape index (κ1) is 18.2. The topological polar surface area (TPSA) is 30.5 Å². The summed E-state index contributed by atoms with van der Waals surface area (Å²) in [6, 6.07) is 3.98. The largest absolute Gasteiger partial charge is 0.490 e. The molecule has 1 aliphatic rings. The number of benzene rings is 1. The van der Waals surface area contributed by atoms with Gasteiger partial charge in [-0.05, 0) is 70.2 Å². The lowest BCUT2D eigenvalue weighted by atomic mass is 9.97. The van der Waals surface area contributed by atoms with Gasteiger partial charge in [-0.2, -0.15) is 0 Å². The van der Waals surface area contributed by atoms with E-state index in [2.05, 4.69) is 11.4 Å². The van der Waals surface area contributed by atoms with Crippen LogP contribution in [0.2, 0.25) is 5.02 Å². The third kappa shape index (κ3) is 5.74. The van der Waals surface area contributed by atoms with Gasteiger partial charge in [0.05, 0.1) is 18.2 Å². The first-order valence-electron chi connectivity index (χ1n) is 8.71. The van der Waals surface area contributed by atoms with Gasteiger partial charge in [0.2, 0.25) is 0 Å². The van der Waals surface area contributed by atoms with Crippen LogP contribution in [-0.2, 0) is 6.54 Å². The fourth-order valence-electron chi connectivity index (χ4n) is 2.88. The Morgan fingerprint density at radius 2 is 1.96 bits per heavy atom. The van der Waals surface area contributed by atoms with Gasteiger partial charge in [0.1, 0.15) is 0 Å².